The highest BCUT2D eigenvalue weighted by Gasteiger charge is 2.22. The third kappa shape index (κ3) is 4.80. The Labute approximate surface area is 176 Å². The van der Waals surface area contributed by atoms with Crippen LogP contribution < -0.4 is 10.1 Å². The molecule has 1 aromatic carbocycles. The van der Waals surface area contributed by atoms with E-state index in [4.69, 9.17) is 4.74 Å². The first-order valence-corrected chi connectivity index (χ1v) is 11.1. The number of nitrogens with one attached hydrogen (secondary N) is 1. The number of anilines is 1. The summed E-state index contributed by atoms with van der Waals surface area (Å²) in [6.45, 7) is 1.46. The summed E-state index contributed by atoms with van der Waals surface area (Å²) in [6.07, 6.45) is 3.21. The summed E-state index contributed by atoms with van der Waals surface area (Å²) < 4.78 is 5.82. The maximum Gasteiger partial charge on any atom is 0.271 e. The molecule has 2 amide bonds. The molecule has 3 heterocycles. The number of amides is 2. The molecule has 0 unspecified atom stereocenters. The van der Waals surface area contributed by atoms with E-state index in [9.17, 15) is 9.59 Å². The first kappa shape index (κ1) is 19.5. The molecule has 7 nitrogen and oxygen atoms in total. The van der Waals surface area contributed by atoms with Crippen molar-refractivity contribution in [3.05, 3.63) is 46.8 Å². The predicted octanol–water partition coefficient (Wildman–Crippen LogP) is 3.91. The molecule has 0 atom stereocenters. The van der Waals surface area contributed by atoms with E-state index in [2.05, 4.69) is 15.5 Å². The second kappa shape index (κ2) is 9.15. The third-order valence-electron chi connectivity index (χ3n) is 4.60. The first-order chi connectivity index (χ1) is 14.2. The van der Waals surface area contributed by atoms with Gasteiger partial charge in [0.1, 0.15) is 16.1 Å². The van der Waals surface area contributed by atoms with Crippen molar-refractivity contribution in [1.29, 1.82) is 0 Å². The Morgan fingerprint density at radius 1 is 1.14 bits per heavy atom. The number of hydrogen-bond donors (Lipinski definition) is 1. The summed E-state index contributed by atoms with van der Waals surface area (Å²) in [5, 5.41) is 10.7. The van der Waals surface area contributed by atoms with Gasteiger partial charge in [0, 0.05) is 18.0 Å². The van der Waals surface area contributed by atoms with Gasteiger partial charge in [-0.15, -0.1) is 21.5 Å². The molecule has 1 N–H and O–H groups in total. The van der Waals surface area contributed by atoms with Crippen LogP contribution in [0, 0.1) is 0 Å². The van der Waals surface area contributed by atoms with Crippen molar-refractivity contribution in [1.82, 2.24) is 15.1 Å². The molecule has 3 aromatic rings. The lowest BCUT2D eigenvalue weighted by Gasteiger charge is -2.26. The van der Waals surface area contributed by atoms with Crippen molar-refractivity contribution < 1.29 is 14.3 Å². The molecule has 2 aromatic heterocycles. The number of piperidine rings is 1. The Morgan fingerprint density at radius 2 is 1.93 bits per heavy atom. The Balaban J connectivity index is 1.54. The molecule has 4 rings (SSSR count). The van der Waals surface area contributed by atoms with Crippen LogP contribution in [0.2, 0.25) is 0 Å². The minimum atomic E-state index is -0.325. The zero-order valence-corrected chi connectivity index (χ0v) is 17.3. The molecule has 29 heavy (non-hydrogen) atoms. The molecule has 0 radical (unpaired) electrons. The number of benzene rings is 1. The van der Waals surface area contributed by atoms with E-state index in [1.165, 1.54) is 22.7 Å². The van der Waals surface area contributed by atoms with Crippen molar-refractivity contribution in [3.63, 3.8) is 0 Å². The fraction of sp³-hybridized carbons (Fsp3) is 0.300. The third-order valence-corrected chi connectivity index (χ3v) is 6.37. The Hall–Kier alpha value is -2.78. The smallest absolute Gasteiger partial charge is 0.271 e. The van der Waals surface area contributed by atoms with Crippen LogP contribution >= 0.6 is 22.7 Å². The summed E-state index contributed by atoms with van der Waals surface area (Å²) in [5.74, 6) is 0.0308. The van der Waals surface area contributed by atoms with E-state index in [1.54, 1.807) is 5.51 Å². The van der Waals surface area contributed by atoms with Gasteiger partial charge in [-0.05, 0) is 30.9 Å². The largest absolute Gasteiger partial charge is 0.482 e. The van der Waals surface area contributed by atoms with Crippen molar-refractivity contribution in [2.75, 3.05) is 25.0 Å². The number of hydrogen-bond acceptors (Lipinski definition) is 7. The van der Waals surface area contributed by atoms with Crippen LogP contribution in [0.4, 0.5) is 5.13 Å². The van der Waals surface area contributed by atoms with Crippen LogP contribution in [0.3, 0.4) is 0 Å². The van der Waals surface area contributed by atoms with Gasteiger partial charge in [-0.2, -0.15) is 0 Å². The molecule has 1 saturated heterocycles. The van der Waals surface area contributed by atoms with Gasteiger partial charge in [-0.3, -0.25) is 14.9 Å². The van der Waals surface area contributed by atoms with Gasteiger partial charge in [-0.25, -0.2) is 0 Å². The fourth-order valence-corrected chi connectivity index (χ4v) is 4.58. The second-order valence-electron chi connectivity index (χ2n) is 6.60. The quantitative estimate of drug-likeness (QED) is 0.643. The summed E-state index contributed by atoms with van der Waals surface area (Å²) in [5.41, 5.74) is 2.54. The number of aromatic nitrogens is 2. The van der Waals surface area contributed by atoms with Crippen LogP contribution in [-0.4, -0.2) is 46.6 Å². The number of carbonyl (C=O) groups is 2. The molecular weight excluding hydrogens is 408 g/mol. The Morgan fingerprint density at radius 3 is 2.66 bits per heavy atom. The average molecular weight is 429 g/mol. The Kier molecular flexibility index (Phi) is 6.16. The van der Waals surface area contributed by atoms with Gasteiger partial charge >= 0.3 is 0 Å². The number of carbonyl (C=O) groups excluding carboxylic acids is 2. The number of likely N-dealkylation sites (tertiary alicyclic amines) is 1. The van der Waals surface area contributed by atoms with Gasteiger partial charge in [-0.1, -0.05) is 41.7 Å². The highest BCUT2D eigenvalue weighted by atomic mass is 32.1. The maximum atomic E-state index is 12.8. The van der Waals surface area contributed by atoms with Crippen LogP contribution in [0.5, 0.6) is 5.75 Å². The van der Waals surface area contributed by atoms with Crippen molar-refractivity contribution >= 4 is 39.6 Å². The molecule has 0 spiro atoms. The lowest BCUT2D eigenvalue weighted by atomic mass is 10.1. The topological polar surface area (TPSA) is 84.4 Å². The zero-order valence-electron chi connectivity index (χ0n) is 15.7. The van der Waals surface area contributed by atoms with E-state index in [-0.39, 0.29) is 18.4 Å². The minimum absolute atomic E-state index is 0.0485. The Bertz CT molecular complexity index is 967. The summed E-state index contributed by atoms with van der Waals surface area (Å²) in [7, 11) is 0. The highest BCUT2D eigenvalue weighted by Crippen LogP contribution is 2.37. The standard InChI is InChI=1S/C20H20N4O3S2/c25-17(24-9-5-2-6-10-24)12-27-15-11-16(14-7-3-1-4-8-14)29-18(15)19(26)22-20-23-21-13-28-20/h1,3-4,7-8,11,13H,2,5-6,9-10,12H2,(H,22,23,26). The van der Waals surface area contributed by atoms with E-state index in [1.807, 2.05) is 41.3 Å². The molecular formula is C20H20N4O3S2. The van der Waals surface area contributed by atoms with Gasteiger partial charge < -0.3 is 9.64 Å². The van der Waals surface area contributed by atoms with E-state index < -0.39 is 0 Å². The second-order valence-corrected chi connectivity index (χ2v) is 8.48. The van der Waals surface area contributed by atoms with Gasteiger partial charge in [0.25, 0.3) is 11.8 Å². The van der Waals surface area contributed by atoms with E-state index in [0.29, 0.717) is 15.8 Å². The molecule has 1 fully saturated rings. The van der Waals surface area contributed by atoms with Gasteiger partial charge in [0.2, 0.25) is 5.13 Å². The SMILES string of the molecule is O=C(Nc1nncs1)c1sc(-c2ccccc2)cc1OCC(=O)N1CCCCC1. The van der Waals surface area contributed by atoms with Crippen molar-refractivity contribution in [2.45, 2.75) is 19.3 Å². The maximum absolute atomic E-state index is 12.8. The van der Waals surface area contributed by atoms with Gasteiger partial charge in [0.05, 0.1) is 0 Å². The van der Waals surface area contributed by atoms with E-state index in [0.717, 1.165) is 42.8 Å². The lowest BCUT2D eigenvalue weighted by molar-refractivity contribution is -0.134. The summed E-state index contributed by atoms with van der Waals surface area (Å²) >= 11 is 2.57. The van der Waals surface area contributed by atoms with Crippen LogP contribution in [-0.2, 0) is 4.79 Å². The zero-order chi connectivity index (χ0) is 20.1. The summed E-state index contributed by atoms with van der Waals surface area (Å²) in [4.78, 5) is 28.4. The van der Waals surface area contributed by atoms with Crippen LogP contribution in [0.15, 0.2) is 41.9 Å². The minimum Gasteiger partial charge on any atom is -0.482 e. The molecule has 0 saturated carbocycles. The molecule has 0 bridgehead atoms. The molecule has 150 valence electrons. The van der Waals surface area contributed by atoms with Gasteiger partial charge in [0.15, 0.2) is 6.61 Å². The number of rotatable bonds is 6. The monoisotopic (exact) mass is 428 g/mol. The number of nitrogens with zero attached hydrogens (tertiary/aromatic N) is 3. The van der Waals surface area contributed by atoms with Crippen LogP contribution in [0.25, 0.3) is 10.4 Å². The summed E-state index contributed by atoms with van der Waals surface area (Å²) in [6, 6.07) is 11.6. The molecule has 9 heteroatoms. The fourth-order valence-electron chi connectivity index (χ4n) is 3.14. The number of ether oxygens (including phenoxy) is 1. The van der Waals surface area contributed by atoms with Crippen molar-refractivity contribution in [2.24, 2.45) is 0 Å². The average Bonchev–Trinajstić information content (AvgIpc) is 3.43. The molecule has 1 aliphatic rings. The number of thiophene rings is 1. The highest BCUT2D eigenvalue weighted by molar-refractivity contribution is 7.18. The van der Waals surface area contributed by atoms with Crippen molar-refractivity contribution in [3.8, 4) is 16.2 Å². The predicted molar refractivity (Wildman–Crippen MR) is 114 cm³/mol. The molecule has 1 aliphatic heterocycles. The first-order valence-electron chi connectivity index (χ1n) is 9.38. The van der Waals surface area contributed by atoms with Crippen LogP contribution in [0.1, 0.15) is 28.9 Å². The van der Waals surface area contributed by atoms with E-state index >= 15 is 0 Å². The normalized spacial score (nSPS) is 13.9. The lowest BCUT2D eigenvalue weighted by Crippen LogP contribution is -2.38. The molecule has 0 aliphatic carbocycles.